The van der Waals surface area contributed by atoms with E-state index in [2.05, 4.69) is 16.9 Å². The number of nitrogens with zero attached hydrogens (tertiary/aromatic N) is 1. The van der Waals surface area contributed by atoms with Crippen molar-refractivity contribution in [1.29, 1.82) is 0 Å². The van der Waals surface area contributed by atoms with E-state index in [-0.39, 0.29) is 5.78 Å². The van der Waals surface area contributed by atoms with E-state index in [1.807, 2.05) is 37.4 Å². The number of aromatic nitrogens is 1. The molecule has 1 aromatic heterocycles. The molecule has 2 aromatic rings. The molecule has 3 heteroatoms. The summed E-state index contributed by atoms with van der Waals surface area (Å²) in [5.74, 6) is 0.175. The van der Waals surface area contributed by atoms with Crippen LogP contribution in [0, 0.1) is 6.92 Å². The Morgan fingerprint density at radius 3 is 2.56 bits per heavy atom. The quantitative estimate of drug-likeness (QED) is 0.587. The van der Waals surface area contributed by atoms with Crippen LogP contribution < -0.4 is 4.57 Å². The Morgan fingerprint density at radius 1 is 1.31 bits per heavy atom. The number of aryl methyl sites for hydroxylation is 1. The Kier molecular flexibility index (Phi) is 3.15. The molecule has 0 saturated heterocycles. The van der Waals surface area contributed by atoms with Crippen LogP contribution in [-0.4, -0.2) is 5.78 Å². The predicted molar refractivity (Wildman–Crippen MR) is 64.7 cm³/mol. The Labute approximate surface area is 99.2 Å². The maximum atomic E-state index is 12.0. The van der Waals surface area contributed by atoms with Crippen LogP contribution in [0.2, 0.25) is 0 Å². The summed E-state index contributed by atoms with van der Waals surface area (Å²) in [6.45, 7) is 2.06. The van der Waals surface area contributed by atoms with Gasteiger partial charge in [-0.25, -0.2) is 0 Å². The number of carbonyl (C=O) groups is 1. The second-order valence-corrected chi connectivity index (χ2v) is 4.83. The third-order valence-electron chi connectivity index (χ3n) is 2.71. The van der Waals surface area contributed by atoms with Gasteiger partial charge in [0, 0.05) is 12.5 Å². The Hall–Kier alpha value is -1.48. The minimum absolute atomic E-state index is 0.175. The predicted octanol–water partition coefficient (Wildman–Crippen LogP) is 2.31. The fraction of sp³-hybridized carbons (Fsp3) is 0.231. The van der Waals surface area contributed by atoms with Crippen molar-refractivity contribution in [3.8, 4) is 0 Å². The van der Waals surface area contributed by atoms with E-state index in [1.54, 1.807) is 11.3 Å². The van der Waals surface area contributed by atoms with Gasteiger partial charge in [0.25, 0.3) is 0 Å². The minimum Gasteiger partial charge on any atom is -0.294 e. The van der Waals surface area contributed by atoms with E-state index < -0.39 is 0 Å². The summed E-state index contributed by atoms with van der Waals surface area (Å²) in [6.07, 6.45) is 0.477. The highest BCUT2D eigenvalue weighted by atomic mass is 32.1. The molecule has 0 saturated carbocycles. The zero-order chi connectivity index (χ0) is 11.5. The lowest BCUT2D eigenvalue weighted by atomic mass is 10.1. The molecule has 0 N–H and O–H groups in total. The second-order valence-electron chi connectivity index (χ2n) is 3.77. The topological polar surface area (TPSA) is 20.9 Å². The van der Waals surface area contributed by atoms with Crippen molar-refractivity contribution in [3.63, 3.8) is 0 Å². The van der Waals surface area contributed by atoms with E-state index in [4.69, 9.17) is 0 Å². The maximum absolute atomic E-state index is 12.0. The van der Waals surface area contributed by atoms with Crippen molar-refractivity contribution < 1.29 is 9.36 Å². The van der Waals surface area contributed by atoms with Crippen molar-refractivity contribution in [3.05, 3.63) is 52.0 Å². The van der Waals surface area contributed by atoms with Crippen molar-refractivity contribution in [2.24, 2.45) is 7.05 Å². The number of benzene rings is 1. The zero-order valence-corrected chi connectivity index (χ0v) is 10.3. The van der Waals surface area contributed by atoms with Gasteiger partial charge in [-0.3, -0.25) is 4.79 Å². The number of ketones is 1. The molecule has 0 atom stereocenters. The third-order valence-corrected chi connectivity index (χ3v) is 3.71. The molecule has 0 radical (unpaired) electrons. The summed E-state index contributed by atoms with van der Waals surface area (Å²) >= 11 is 1.68. The number of carbonyl (C=O) groups excluding carboxylic acids is 1. The monoisotopic (exact) mass is 232 g/mol. The largest absolute Gasteiger partial charge is 0.294 e. The van der Waals surface area contributed by atoms with Gasteiger partial charge in [-0.1, -0.05) is 41.7 Å². The highest BCUT2D eigenvalue weighted by Crippen LogP contribution is 2.09. The fourth-order valence-electron chi connectivity index (χ4n) is 1.56. The van der Waals surface area contributed by atoms with Crippen LogP contribution >= 0.6 is 11.3 Å². The Morgan fingerprint density at radius 2 is 2.00 bits per heavy atom. The first-order chi connectivity index (χ1) is 7.68. The van der Waals surface area contributed by atoms with Crippen molar-refractivity contribution >= 4 is 17.1 Å². The highest BCUT2D eigenvalue weighted by Gasteiger charge is 2.16. The molecule has 0 aliphatic carbocycles. The molecule has 2 nitrogen and oxygen atoms in total. The summed E-state index contributed by atoms with van der Waals surface area (Å²) in [5, 5.41) is 3.27. The molecule has 0 aliphatic rings. The molecule has 0 unspecified atom stereocenters. The van der Waals surface area contributed by atoms with Crippen LogP contribution in [0.4, 0.5) is 0 Å². The van der Waals surface area contributed by atoms with Crippen LogP contribution in [0.15, 0.2) is 35.7 Å². The van der Waals surface area contributed by atoms with Crippen LogP contribution in [0.25, 0.3) is 0 Å². The van der Waals surface area contributed by atoms with E-state index >= 15 is 0 Å². The van der Waals surface area contributed by atoms with Crippen molar-refractivity contribution in [2.75, 3.05) is 0 Å². The average Bonchev–Trinajstić information content (AvgIpc) is 2.62. The molecule has 82 valence electrons. The lowest BCUT2D eigenvalue weighted by Crippen LogP contribution is -2.34. The molecule has 0 aliphatic heterocycles. The maximum Gasteiger partial charge on any atom is 0.234 e. The summed E-state index contributed by atoms with van der Waals surface area (Å²) in [4.78, 5) is 12.0. The number of hydrogen-bond donors (Lipinski definition) is 0. The van der Waals surface area contributed by atoms with Crippen molar-refractivity contribution in [1.82, 2.24) is 0 Å². The summed E-state index contributed by atoms with van der Waals surface area (Å²) in [6, 6.07) is 9.44. The standard InChI is InChI=1S/C13H14NOS/c1-10-14(2)12(9-16-10)8-13(15)11-6-4-3-5-7-11/h3-7,9H,8H2,1-2H3/q+1. The van der Waals surface area contributed by atoms with Gasteiger partial charge in [-0.05, 0) is 0 Å². The molecule has 2 rings (SSSR count). The zero-order valence-electron chi connectivity index (χ0n) is 9.43. The second kappa shape index (κ2) is 4.58. The summed E-state index contributed by atoms with van der Waals surface area (Å²) in [5.41, 5.74) is 1.86. The lowest BCUT2D eigenvalue weighted by molar-refractivity contribution is -0.679. The molecule has 1 aromatic carbocycles. The molecule has 0 bridgehead atoms. The molecule has 0 amide bonds. The molecule has 0 fully saturated rings. The molecule has 0 spiro atoms. The van der Waals surface area contributed by atoms with Crippen LogP contribution in [0.5, 0.6) is 0 Å². The number of hydrogen-bond acceptors (Lipinski definition) is 2. The van der Waals surface area contributed by atoms with Crippen LogP contribution in [0.1, 0.15) is 21.1 Å². The number of Topliss-reactive ketones (excluding diaryl/α,β-unsaturated/α-hetero) is 1. The van der Waals surface area contributed by atoms with Gasteiger partial charge in [0.1, 0.15) is 7.05 Å². The first-order valence-electron chi connectivity index (χ1n) is 5.19. The Bertz CT molecular complexity index is 502. The minimum atomic E-state index is 0.175. The highest BCUT2D eigenvalue weighted by molar-refractivity contribution is 7.09. The molecular formula is C13H14NOS+. The van der Waals surface area contributed by atoms with E-state index in [9.17, 15) is 4.79 Å². The van der Waals surface area contributed by atoms with Gasteiger partial charge >= 0.3 is 0 Å². The summed E-state index contributed by atoms with van der Waals surface area (Å²) in [7, 11) is 2.00. The Balaban J connectivity index is 2.17. The molecule has 16 heavy (non-hydrogen) atoms. The lowest BCUT2D eigenvalue weighted by Gasteiger charge is -1.97. The summed E-state index contributed by atoms with van der Waals surface area (Å²) < 4.78 is 2.07. The van der Waals surface area contributed by atoms with Gasteiger partial charge < -0.3 is 0 Å². The van der Waals surface area contributed by atoms with E-state index in [0.29, 0.717) is 6.42 Å². The van der Waals surface area contributed by atoms with Gasteiger partial charge in [-0.2, -0.15) is 4.57 Å². The smallest absolute Gasteiger partial charge is 0.234 e. The van der Waals surface area contributed by atoms with Gasteiger partial charge in [-0.15, -0.1) is 0 Å². The van der Waals surface area contributed by atoms with Gasteiger partial charge in [0.15, 0.2) is 11.5 Å². The van der Waals surface area contributed by atoms with E-state index in [0.717, 1.165) is 11.3 Å². The normalized spacial score (nSPS) is 10.4. The van der Waals surface area contributed by atoms with Gasteiger partial charge in [0.05, 0.1) is 11.8 Å². The van der Waals surface area contributed by atoms with Gasteiger partial charge in [0.2, 0.25) is 5.01 Å². The van der Waals surface area contributed by atoms with E-state index in [1.165, 1.54) is 5.01 Å². The number of thiazole rings is 1. The SMILES string of the molecule is Cc1scc(CC(=O)c2ccccc2)[n+]1C. The fourth-order valence-corrected chi connectivity index (χ4v) is 2.39. The van der Waals surface area contributed by atoms with Crippen LogP contribution in [0.3, 0.4) is 0 Å². The average molecular weight is 232 g/mol. The van der Waals surface area contributed by atoms with Crippen molar-refractivity contribution in [2.45, 2.75) is 13.3 Å². The molecule has 1 heterocycles. The number of rotatable bonds is 3. The first kappa shape index (κ1) is 11.0. The van der Waals surface area contributed by atoms with Crippen LogP contribution in [-0.2, 0) is 13.5 Å². The first-order valence-corrected chi connectivity index (χ1v) is 6.07. The third kappa shape index (κ3) is 2.19. The molecular weight excluding hydrogens is 218 g/mol.